The topological polar surface area (TPSA) is 78.9 Å². The first-order valence-electron chi connectivity index (χ1n) is 7.27. The SMILES string of the molecule is CCCC1CCN(C(=O)C(C(N)=NO)C(C)C)CC1. The molecule has 5 nitrogen and oxygen atoms in total. The molecular formula is C14H27N3O2. The lowest BCUT2D eigenvalue weighted by molar-refractivity contribution is -0.136. The molecule has 1 amide bonds. The third kappa shape index (κ3) is 4.11. The molecular weight excluding hydrogens is 242 g/mol. The second-order valence-electron chi connectivity index (χ2n) is 5.80. The van der Waals surface area contributed by atoms with Gasteiger partial charge >= 0.3 is 0 Å². The molecule has 1 atom stereocenters. The van der Waals surface area contributed by atoms with E-state index in [4.69, 9.17) is 10.9 Å². The average molecular weight is 269 g/mol. The van der Waals surface area contributed by atoms with Gasteiger partial charge in [0.05, 0.1) is 0 Å². The standard InChI is InChI=1S/C14H27N3O2/c1-4-5-11-6-8-17(9-7-11)14(18)12(10(2)3)13(15)16-19/h10-12,19H,4-9H2,1-3H3,(H2,15,16). The lowest BCUT2D eigenvalue weighted by Gasteiger charge is -2.34. The molecule has 0 aliphatic carbocycles. The Morgan fingerprint density at radius 3 is 2.42 bits per heavy atom. The van der Waals surface area contributed by atoms with Crippen LogP contribution in [-0.4, -0.2) is 34.9 Å². The molecule has 3 N–H and O–H groups in total. The summed E-state index contributed by atoms with van der Waals surface area (Å²) >= 11 is 0. The molecule has 1 saturated heterocycles. The van der Waals surface area contributed by atoms with Crippen LogP contribution in [0, 0.1) is 17.8 Å². The number of hydrogen-bond donors (Lipinski definition) is 2. The largest absolute Gasteiger partial charge is 0.409 e. The van der Waals surface area contributed by atoms with E-state index in [-0.39, 0.29) is 17.7 Å². The molecule has 110 valence electrons. The molecule has 0 aromatic rings. The van der Waals surface area contributed by atoms with Crippen molar-refractivity contribution in [2.75, 3.05) is 13.1 Å². The van der Waals surface area contributed by atoms with Gasteiger partial charge in [0.2, 0.25) is 5.91 Å². The zero-order chi connectivity index (χ0) is 14.4. The Labute approximate surface area is 115 Å². The number of nitrogens with two attached hydrogens (primary N) is 1. The highest BCUT2D eigenvalue weighted by molar-refractivity contribution is 6.02. The predicted molar refractivity (Wildman–Crippen MR) is 75.9 cm³/mol. The van der Waals surface area contributed by atoms with E-state index in [0.717, 1.165) is 31.8 Å². The van der Waals surface area contributed by atoms with Crippen LogP contribution in [0.4, 0.5) is 0 Å². The highest BCUT2D eigenvalue weighted by atomic mass is 16.4. The van der Waals surface area contributed by atoms with Gasteiger partial charge in [0.15, 0.2) is 5.84 Å². The summed E-state index contributed by atoms with van der Waals surface area (Å²) in [6.45, 7) is 7.64. The van der Waals surface area contributed by atoms with Gasteiger partial charge < -0.3 is 15.8 Å². The molecule has 0 radical (unpaired) electrons. The van der Waals surface area contributed by atoms with Gasteiger partial charge in [-0.1, -0.05) is 38.8 Å². The molecule has 1 heterocycles. The summed E-state index contributed by atoms with van der Waals surface area (Å²) in [6, 6.07) is 0. The third-order valence-electron chi connectivity index (χ3n) is 3.99. The first kappa shape index (κ1) is 15.8. The van der Waals surface area contributed by atoms with Crippen molar-refractivity contribution in [2.45, 2.75) is 46.5 Å². The van der Waals surface area contributed by atoms with Crippen LogP contribution < -0.4 is 5.73 Å². The van der Waals surface area contributed by atoms with Crippen LogP contribution in [0.5, 0.6) is 0 Å². The number of likely N-dealkylation sites (tertiary alicyclic amines) is 1. The van der Waals surface area contributed by atoms with E-state index in [1.807, 2.05) is 18.7 Å². The summed E-state index contributed by atoms with van der Waals surface area (Å²) < 4.78 is 0. The van der Waals surface area contributed by atoms with Crippen molar-refractivity contribution in [3.05, 3.63) is 0 Å². The molecule has 0 spiro atoms. The molecule has 1 rings (SSSR count). The zero-order valence-corrected chi connectivity index (χ0v) is 12.3. The third-order valence-corrected chi connectivity index (χ3v) is 3.99. The summed E-state index contributed by atoms with van der Waals surface area (Å²) in [5, 5.41) is 11.8. The highest BCUT2D eigenvalue weighted by Crippen LogP contribution is 2.24. The molecule has 5 heteroatoms. The minimum absolute atomic E-state index is 0.000230. The summed E-state index contributed by atoms with van der Waals surface area (Å²) in [5.41, 5.74) is 5.65. The highest BCUT2D eigenvalue weighted by Gasteiger charge is 2.32. The Morgan fingerprint density at radius 2 is 2.00 bits per heavy atom. The zero-order valence-electron chi connectivity index (χ0n) is 12.3. The maximum atomic E-state index is 12.5. The summed E-state index contributed by atoms with van der Waals surface area (Å²) in [4.78, 5) is 14.3. The molecule has 19 heavy (non-hydrogen) atoms. The fourth-order valence-electron chi connectivity index (χ4n) is 2.86. The number of piperidine rings is 1. The molecule has 0 bridgehead atoms. The van der Waals surface area contributed by atoms with Crippen LogP contribution >= 0.6 is 0 Å². The first-order chi connectivity index (χ1) is 9.01. The Morgan fingerprint density at radius 1 is 1.42 bits per heavy atom. The minimum atomic E-state index is -0.507. The number of amidine groups is 1. The minimum Gasteiger partial charge on any atom is -0.409 e. The normalized spacial score (nSPS) is 19.8. The Kier molecular flexibility index (Phi) is 6.12. The van der Waals surface area contributed by atoms with Crippen molar-refractivity contribution in [2.24, 2.45) is 28.6 Å². The fraction of sp³-hybridized carbons (Fsp3) is 0.857. The number of nitrogens with zero attached hydrogens (tertiary/aromatic N) is 2. The van der Waals surface area contributed by atoms with Gasteiger partial charge in [-0.2, -0.15) is 0 Å². The van der Waals surface area contributed by atoms with Gasteiger partial charge in [0.25, 0.3) is 0 Å². The molecule has 1 fully saturated rings. The molecule has 1 aliphatic heterocycles. The van der Waals surface area contributed by atoms with Crippen LogP contribution in [0.2, 0.25) is 0 Å². The lowest BCUT2D eigenvalue weighted by atomic mass is 9.89. The Balaban J connectivity index is 2.62. The van der Waals surface area contributed by atoms with Crippen molar-refractivity contribution in [1.29, 1.82) is 0 Å². The predicted octanol–water partition coefficient (Wildman–Crippen LogP) is 2.04. The molecule has 1 unspecified atom stereocenters. The lowest BCUT2D eigenvalue weighted by Crippen LogP contribution is -2.47. The van der Waals surface area contributed by atoms with Gasteiger partial charge in [-0.25, -0.2) is 0 Å². The van der Waals surface area contributed by atoms with Gasteiger partial charge in [0, 0.05) is 13.1 Å². The number of hydrogen-bond acceptors (Lipinski definition) is 3. The van der Waals surface area contributed by atoms with E-state index >= 15 is 0 Å². The van der Waals surface area contributed by atoms with Crippen molar-refractivity contribution >= 4 is 11.7 Å². The number of rotatable bonds is 5. The smallest absolute Gasteiger partial charge is 0.233 e. The van der Waals surface area contributed by atoms with Gasteiger partial charge in [-0.3, -0.25) is 4.79 Å². The van der Waals surface area contributed by atoms with E-state index in [2.05, 4.69) is 12.1 Å². The average Bonchev–Trinajstić information content (AvgIpc) is 2.39. The van der Waals surface area contributed by atoms with Gasteiger partial charge in [-0.05, 0) is 24.7 Å². The Bertz CT molecular complexity index is 321. The maximum absolute atomic E-state index is 12.5. The van der Waals surface area contributed by atoms with E-state index in [1.54, 1.807) is 0 Å². The summed E-state index contributed by atoms with van der Waals surface area (Å²) in [5.74, 6) is 0.302. The number of carbonyl (C=O) groups is 1. The second kappa shape index (κ2) is 7.36. The Hall–Kier alpha value is -1.26. The van der Waals surface area contributed by atoms with E-state index in [0.29, 0.717) is 0 Å². The van der Waals surface area contributed by atoms with E-state index in [9.17, 15) is 4.79 Å². The number of oxime groups is 1. The van der Waals surface area contributed by atoms with Crippen LogP contribution in [-0.2, 0) is 4.79 Å². The maximum Gasteiger partial charge on any atom is 0.233 e. The van der Waals surface area contributed by atoms with Gasteiger partial charge in [0.1, 0.15) is 5.92 Å². The molecule has 1 aliphatic rings. The van der Waals surface area contributed by atoms with E-state index < -0.39 is 5.92 Å². The molecule has 0 aromatic heterocycles. The van der Waals surface area contributed by atoms with Crippen molar-refractivity contribution < 1.29 is 10.0 Å². The molecule has 0 saturated carbocycles. The summed E-state index contributed by atoms with van der Waals surface area (Å²) in [6.07, 6.45) is 4.59. The van der Waals surface area contributed by atoms with Crippen molar-refractivity contribution in [3.8, 4) is 0 Å². The van der Waals surface area contributed by atoms with Gasteiger partial charge in [-0.15, -0.1) is 0 Å². The summed E-state index contributed by atoms with van der Waals surface area (Å²) in [7, 11) is 0. The monoisotopic (exact) mass is 269 g/mol. The van der Waals surface area contributed by atoms with Crippen LogP contribution in [0.1, 0.15) is 46.5 Å². The quantitative estimate of drug-likeness (QED) is 0.347. The number of carbonyl (C=O) groups excluding carboxylic acids is 1. The van der Waals surface area contributed by atoms with Crippen molar-refractivity contribution in [1.82, 2.24) is 4.90 Å². The fourth-order valence-corrected chi connectivity index (χ4v) is 2.86. The first-order valence-corrected chi connectivity index (χ1v) is 7.27. The van der Waals surface area contributed by atoms with Crippen molar-refractivity contribution in [3.63, 3.8) is 0 Å². The number of amides is 1. The van der Waals surface area contributed by atoms with Crippen LogP contribution in [0.25, 0.3) is 0 Å². The van der Waals surface area contributed by atoms with E-state index in [1.165, 1.54) is 12.8 Å². The van der Waals surface area contributed by atoms with Crippen LogP contribution in [0.3, 0.4) is 0 Å². The second-order valence-corrected chi connectivity index (χ2v) is 5.80. The van der Waals surface area contributed by atoms with Crippen LogP contribution in [0.15, 0.2) is 5.16 Å². The molecule has 0 aromatic carbocycles.